The van der Waals surface area contributed by atoms with Crippen molar-refractivity contribution in [3.63, 3.8) is 0 Å². The lowest BCUT2D eigenvalue weighted by Gasteiger charge is -2.32. The molecule has 0 saturated carbocycles. The zero-order valence-electron chi connectivity index (χ0n) is 11.6. The van der Waals surface area contributed by atoms with Gasteiger partial charge >= 0.3 is 6.36 Å². The van der Waals surface area contributed by atoms with Crippen LogP contribution in [-0.2, 0) is 11.3 Å². The van der Waals surface area contributed by atoms with Gasteiger partial charge < -0.3 is 10.2 Å². The molecular weight excluding hydrogens is 269 g/mol. The third-order valence-electron chi connectivity index (χ3n) is 3.30. The zero-order valence-corrected chi connectivity index (χ0v) is 11.6. The molecule has 0 atom stereocenters. The third-order valence-corrected chi connectivity index (χ3v) is 3.30. The first-order valence-electron chi connectivity index (χ1n) is 6.55. The van der Waals surface area contributed by atoms with Crippen LogP contribution in [0.15, 0.2) is 24.3 Å². The van der Waals surface area contributed by atoms with E-state index < -0.39 is 6.36 Å². The number of benzene rings is 1. The Kier molecular flexibility index (Phi) is 4.25. The number of fused-ring (bicyclic) bond motifs is 1. The lowest BCUT2D eigenvalue weighted by atomic mass is 10.1. The number of para-hydroxylation sites is 1. The Balaban J connectivity index is 2.11. The Morgan fingerprint density at radius 3 is 2.70 bits per heavy atom. The van der Waals surface area contributed by atoms with Crippen molar-refractivity contribution in [2.45, 2.75) is 32.3 Å². The van der Waals surface area contributed by atoms with Gasteiger partial charge in [0.1, 0.15) is 0 Å². The van der Waals surface area contributed by atoms with Crippen LogP contribution >= 0.6 is 0 Å². The molecule has 6 heteroatoms. The van der Waals surface area contributed by atoms with Gasteiger partial charge in [-0.25, -0.2) is 0 Å². The van der Waals surface area contributed by atoms with Crippen LogP contribution in [0.25, 0.3) is 0 Å². The number of anilines is 1. The highest BCUT2D eigenvalue weighted by Crippen LogP contribution is 2.26. The smallest absolute Gasteiger partial charge is 0.367 e. The molecule has 1 aliphatic heterocycles. The number of hydrogen-bond acceptors (Lipinski definition) is 3. The van der Waals surface area contributed by atoms with Crippen molar-refractivity contribution < 1.29 is 17.9 Å². The minimum Gasteiger partial charge on any atom is -0.367 e. The minimum absolute atomic E-state index is 0.169. The molecule has 0 aliphatic carbocycles. The Labute approximate surface area is 116 Å². The number of nitrogens with zero attached hydrogens (tertiary/aromatic N) is 1. The lowest BCUT2D eigenvalue weighted by Crippen LogP contribution is -2.47. The summed E-state index contributed by atoms with van der Waals surface area (Å²) in [7, 11) is 0. The quantitative estimate of drug-likeness (QED) is 0.925. The monoisotopic (exact) mass is 288 g/mol. The van der Waals surface area contributed by atoms with Crippen LogP contribution in [0.2, 0.25) is 0 Å². The van der Waals surface area contributed by atoms with E-state index in [9.17, 15) is 13.2 Å². The SMILES string of the molecule is CC1(C)CN(CCOC(F)(F)F)c2ccccc2CN1. The highest BCUT2D eigenvalue weighted by molar-refractivity contribution is 5.55. The van der Waals surface area contributed by atoms with Gasteiger partial charge in [0.15, 0.2) is 0 Å². The molecule has 0 spiro atoms. The second-order valence-electron chi connectivity index (χ2n) is 5.58. The second-order valence-corrected chi connectivity index (χ2v) is 5.58. The fourth-order valence-corrected chi connectivity index (χ4v) is 2.39. The van der Waals surface area contributed by atoms with Crippen LogP contribution in [-0.4, -0.2) is 31.6 Å². The van der Waals surface area contributed by atoms with Crippen LogP contribution in [0.5, 0.6) is 0 Å². The Hall–Kier alpha value is -1.27. The molecule has 20 heavy (non-hydrogen) atoms. The fraction of sp³-hybridized carbons (Fsp3) is 0.571. The maximum absolute atomic E-state index is 12.1. The van der Waals surface area contributed by atoms with Crippen molar-refractivity contribution in [3.05, 3.63) is 29.8 Å². The maximum Gasteiger partial charge on any atom is 0.522 e. The van der Waals surface area contributed by atoms with Gasteiger partial charge in [-0.3, -0.25) is 4.74 Å². The van der Waals surface area contributed by atoms with Gasteiger partial charge in [-0.05, 0) is 25.5 Å². The van der Waals surface area contributed by atoms with Gasteiger partial charge in [-0.15, -0.1) is 13.2 Å². The Morgan fingerprint density at radius 1 is 1.30 bits per heavy atom. The number of rotatable bonds is 3. The first-order valence-corrected chi connectivity index (χ1v) is 6.55. The van der Waals surface area contributed by atoms with E-state index in [4.69, 9.17) is 0 Å². The molecule has 112 valence electrons. The van der Waals surface area contributed by atoms with Crippen LogP contribution < -0.4 is 10.2 Å². The average molecular weight is 288 g/mol. The lowest BCUT2D eigenvalue weighted by molar-refractivity contribution is -0.323. The molecule has 2 rings (SSSR count). The molecule has 3 nitrogen and oxygen atoms in total. The van der Waals surface area contributed by atoms with Crippen molar-refractivity contribution in [1.82, 2.24) is 5.32 Å². The number of nitrogens with one attached hydrogen (secondary N) is 1. The summed E-state index contributed by atoms with van der Waals surface area (Å²) in [6.07, 6.45) is -4.57. The molecule has 1 N–H and O–H groups in total. The number of hydrogen-bond donors (Lipinski definition) is 1. The highest BCUT2D eigenvalue weighted by Gasteiger charge is 2.30. The van der Waals surface area contributed by atoms with E-state index in [0.717, 1.165) is 11.3 Å². The van der Waals surface area contributed by atoms with E-state index in [-0.39, 0.29) is 18.7 Å². The van der Waals surface area contributed by atoms with Gasteiger partial charge in [0.05, 0.1) is 6.61 Å². The molecule has 0 unspecified atom stereocenters. The Bertz CT molecular complexity index is 460. The van der Waals surface area contributed by atoms with Gasteiger partial charge in [-0.2, -0.15) is 0 Å². The van der Waals surface area contributed by atoms with Crippen molar-refractivity contribution in [2.24, 2.45) is 0 Å². The maximum atomic E-state index is 12.1. The average Bonchev–Trinajstić information content (AvgIpc) is 2.46. The van der Waals surface area contributed by atoms with E-state index in [0.29, 0.717) is 13.1 Å². The predicted molar refractivity (Wildman–Crippen MR) is 71.6 cm³/mol. The molecule has 0 fully saturated rings. The second kappa shape index (κ2) is 5.61. The van der Waals surface area contributed by atoms with Crippen LogP contribution in [0.1, 0.15) is 19.4 Å². The Morgan fingerprint density at radius 2 is 2.00 bits per heavy atom. The minimum atomic E-state index is -4.57. The molecule has 0 amide bonds. The first kappa shape index (κ1) is 15.1. The highest BCUT2D eigenvalue weighted by atomic mass is 19.4. The van der Waals surface area contributed by atoms with Crippen molar-refractivity contribution in [1.29, 1.82) is 0 Å². The van der Waals surface area contributed by atoms with Gasteiger partial charge in [0, 0.05) is 30.9 Å². The molecule has 1 aromatic rings. The molecule has 0 saturated heterocycles. The molecular formula is C14H19F3N2O. The summed E-state index contributed by atoms with van der Waals surface area (Å²) in [4.78, 5) is 1.95. The third kappa shape index (κ3) is 4.11. The van der Waals surface area contributed by atoms with E-state index >= 15 is 0 Å². The topological polar surface area (TPSA) is 24.5 Å². The molecule has 0 radical (unpaired) electrons. The fourth-order valence-electron chi connectivity index (χ4n) is 2.39. The summed E-state index contributed by atoms with van der Waals surface area (Å²) in [6, 6.07) is 7.76. The van der Waals surface area contributed by atoms with Crippen LogP contribution in [0.3, 0.4) is 0 Å². The summed E-state index contributed by atoms with van der Waals surface area (Å²) in [5.74, 6) is 0. The van der Waals surface area contributed by atoms with E-state index in [1.165, 1.54) is 0 Å². The molecule has 1 aliphatic rings. The van der Waals surface area contributed by atoms with E-state index in [1.54, 1.807) is 0 Å². The standard InChI is InChI=1S/C14H19F3N2O/c1-13(2)10-19(7-8-20-14(15,16)17)12-6-4-3-5-11(12)9-18-13/h3-6,18H,7-10H2,1-2H3. The zero-order chi connectivity index (χ0) is 14.8. The number of ether oxygens (including phenoxy) is 1. The van der Waals surface area contributed by atoms with E-state index in [1.807, 2.05) is 43.0 Å². The predicted octanol–water partition coefficient (Wildman–Crippen LogP) is 2.91. The van der Waals surface area contributed by atoms with Gasteiger partial charge in [0.2, 0.25) is 0 Å². The van der Waals surface area contributed by atoms with Crippen molar-refractivity contribution in [3.8, 4) is 0 Å². The van der Waals surface area contributed by atoms with Gasteiger partial charge in [0.25, 0.3) is 0 Å². The molecule has 0 aromatic heterocycles. The largest absolute Gasteiger partial charge is 0.522 e. The van der Waals surface area contributed by atoms with Crippen molar-refractivity contribution in [2.75, 3.05) is 24.6 Å². The molecule has 1 aromatic carbocycles. The van der Waals surface area contributed by atoms with Crippen LogP contribution in [0.4, 0.5) is 18.9 Å². The molecule has 1 heterocycles. The number of halogens is 3. The summed E-state index contributed by atoms with van der Waals surface area (Å²) >= 11 is 0. The first-order chi connectivity index (χ1) is 9.27. The van der Waals surface area contributed by atoms with Crippen molar-refractivity contribution >= 4 is 5.69 Å². The summed E-state index contributed by atoms with van der Waals surface area (Å²) < 4.78 is 40.1. The molecule has 0 bridgehead atoms. The van der Waals surface area contributed by atoms with Crippen LogP contribution in [0, 0.1) is 0 Å². The number of alkyl halides is 3. The summed E-state index contributed by atoms with van der Waals surface area (Å²) in [6.45, 7) is 5.26. The summed E-state index contributed by atoms with van der Waals surface area (Å²) in [5, 5.41) is 3.41. The van der Waals surface area contributed by atoms with Gasteiger partial charge in [-0.1, -0.05) is 18.2 Å². The normalized spacial score (nSPS) is 18.6. The van der Waals surface area contributed by atoms with E-state index in [2.05, 4.69) is 10.1 Å². The summed E-state index contributed by atoms with van der Waals surface area (Å²) in [5.41, 5.74) is 1.89.